The van der Waals surface area contributed by atoms with E-state index in [0.717, 1.165) is 12.1 Å². The Morgan fingerprint density at radius 2 is 1.77 bits per heavy atom. The fraction of sp³-hybridized carbons (Fsp3) is 0. The van der Waals surface area contributed by atoms with Gasteiger partial charge in [-0.05, 0) is 17.7 Å². The maximum atomic E-state index is 14.0. The summed E-state index contributed by atoms with van der Waals surface area (Å²) in [6.45, 7) is 0. The SMILES string of the molecule is O=C(O)c1cc(-c2cc(F)c(F)c(-c3ccccc3)c2)on1. The normalized spacial score (nSPS) is 10.6. The quantitative estimate of drug-likeness (QED) is 0.794. The van der Waals surface area contributed by atoms with Gasteiger partial charge in [-0.2, -0.15) is 0 Å². The molecule has 0 atom stereocenters. The Balaban J connectivity index is 2.13. The predicted octanol–water partition coefficient (Wildman–Crippen LogP) is 3.99. The molecule has 0 amide bonds. The van der Waals surface area contributed by atoms with Crippen molar-refractivity contribution < 1.29 is 23.2 Å². The van der Waals surface area contributed by atoms with E-state index in [1.807, 2.05) is 0 Å². The van der Waals surface area contributed by atoms with E-state index in [9.17, 15) is 13.6 Å². The van der Waals surface area contributed by atoms with Gasteiger partial charge in [-0.3, -0.25) is 0 Å². The maximum absolute atomic E-state index is 14.0. The lowest BCUT2D eigenvalue weighted by atomic mass is 10.0. The number of hydrogen-bond donors (Lipinski definition) is 1. The van der Waals surface area contributed by atoms with Crippen molar-refractivity contribution in [1.82, 2.24) is 5.16 Å². The second-order valence-electron chi connectivity index (χ2n) is 4.57. The van der Waals surface area contributed by atoms with Crippen LogP contribution in [0.3, 0.4) is 0 Å². The molecule has 0 aliphatic carbocycles. The van der Waals surface area contributed by atoms with Crippen LogP contribution in [0.15, 0.2) is 53.1 Å². The molecule has 1 heterocycles. The molecule has 0 aliphatic heterocycles. The average Bonchev–Trinajstić information content (AvgIpc) is 3.01. The maximum Gasteiger partial charge on any atom is 0.358 e. The third-order valence-corrected chi connectivity index (χ3v) is 3.13. The van der Waals surface area contributed by atoms with Crippen LogP contribution in [0.5, 0.6) is 0 Å². The van der Waals surface area contributed by atoms with Crippen LogP contribution in [0.2, 0.25) is 0 Å². The Labute approximate surface area is 123 Å². The van der Waals surface area contributed by atoms with Crippen LogP contribution >= 0.6 is 0 Å². The molecule has 0 bridgehead atoms. The second-order valence-corrected chi connectivity index (χ2v) is 4.57. The largest absolute Gasteiger partial charge is 0.476 e. The number of carboxylic acids is 1. The van der Waals surface area contributed by atoms with Gasteiger partial charge in [0, 0.05) is 17.2 Å². The van der Waals surface area contributed by atoms with E-state index in [-0.39, 0.29) is 22.6 Å². The monoisotopic (exact) mass is 301 g/mol. The number of carboxylic acid groups (broad SMARTS) is 1. The van der Waals surface area contributed by atoms with E-state index in [1.165, 1.54) is 6.07 Å². The highest BCUT2D eigenvalue weighted by molar-refractivity contribution is 5.86. The predicted molar refractivity (Wildman–Crippen MR) is 74.3 cm³/mol. The van der Waals surface area contributed by atoms with E-state index in [2.05, 4.69) is 5.16 Å². The Hall–Kier alpha value is -3.02. The first-order chi connectivity index (χ1) is 10.6. The second kappa shape index (κ2) is 5.40. The minimum atomic E-state index is -1.26. The van der Waals surface area contributed by atoms with Crippen LogP contribution in [0, 0.1) is 11.6 Å². The van der Waals surface area contributed by atoms with Crippen LogP contribution in [0.25, 0.3) is 22.5 Å². The molecule has 0 radical (unpaired) electrons. The van der Waals surface area contributed by atoms with Crippen molar-refractivity contribution in [1.29, 1.82) is 0 Å². The Bertz CT molecular complexity index is 844. The molecule has 4 nitrogen and oxygen atoms in total. The van der Waals surface area contributed by atoms with Gasteiger partial charge in [-0.1, -0.05) is 35.5 Å². The smallest absolute Gasteiger partial charge is 0.358 e. The van der Waals surface area contributed by atoms with Gasteiger partial charge in [0.2, 0.25) is 0 Å². The minimum absolute atomic E-state index is 0.0495. The Morgan fingerprint density at radius 3 is 2.41 bits per heavy atom. The summed E-state index contributed by atoms with van der Waals surface area (Å²) in [6.07, 6.45) is 0. The Kier molecular flexibility index (Phi) is 3.42. The van der Waals surface area contributed by atoms with Crippen molar-refractivity contribution >= 4 is 5.97 Å². The van der Waals surface area contributed by atoms with Gasteiger partial charge >= 0.3 is 5.97 Å². The van der Waals surface area contributed by atoms with Gasteiger partial charge in [-0.25, -0.2) is 13.6 Å². The molecule has 1 N–H and O–H groups in total. The minimum Gasteiger partial charge on any atom is -0.476 e. The number of benzene rings is 2. The van der Waals surface area contributed by atoms with Crippen molar-refractivity contribution in [2.45, 2.75) is 0 Å². The van der Waals surface area contributed by atoms with Crippen LogP contribution in [-0.4, -0.2) is 16.2 Å². The van der Waals surface area contributed by atoms with Crippen molar-refractivity contribution in [2.24, 2.45) is 0 Å². The third-order valence-electron chi connectivity index (χ3n) is 3.13. The lowest BCUT2D eigenvalue weighted by Crippen LogP contribution is -1.94. The molecule has 0 unspecified atom stereocenters. The molecule has 3 rings (SSSR count). The van der Waals surface area contributed by atoms with Crippen molar-refractivity contribution in [3.8, 4) is 22.5 Å². The molecule has 3 aromatic rings. The summed E-state index contributed by atoms with van der Waals surface area (Å²) < 4.78 is 32.7. The number of aromatic nitrogens is 1. The Morgan fingerprint density at radius 1 is 1.05 bits per heavy atom. The molecular formula is C16H9F2NO3. The lowest BCUT2D eigenvalue weighted by molar-refractivity contribution is 0.0686. The number of carbonyl (C=O) groups is 1. The zero-order valence-electron chi connectivity index (χ0n) is 11.1. The molecule has 0 saturated carbocycles. The first kappa shape index (κ1) is 13.9. The molecule has 0 saturated heterocycles. The number of aromatic carboxylic acids is 1. The molecule has 22 heavy (non-hydrogen) atoms. The molecule has 0 spiro atoms. The van der Waals surface area contributed by atoms with Gasteiger partial charge in [-0.15, -0.1) is 0 Å². The molecular weight excluding hydrogens is 292 g/mol. The van der Waals surface area contributed by atoms with Gasteiger partial charge < -0.3 is 9.63 Å². The van der Waals surface area contributed by atoms with Gasteiger partial charge in [0.15, 0.2) is 23.1 Å². The highest BCUT2D eigenvalue weighted by Gasteiger charge is 2.17. The van der Waals surface area contributed by atoms with Crippen molar-refractivity contribution in [2.75, 3.05) is 0 Å². The fourth-order valence-corrected chi connectivity index (χ4v) is 2.07. The van der Waals surface area contributed by atoms with E-state index >= 15 is 0 Å². The number of hydrogen-bond acceptors (Lipinski definition) is 3. The highest BCUT2D eigenvalue weighted by Crippen LogP contribution is 2.31. The average molecular weight is 301 g/mol. The molecule has 0 aliphatic rings. The summed E-state index contributed by atoms with van der Waals surface area (Å²) in [7, 11) is 0. The summed E-state index contributed by atoms with van der Waals surface area (Å²) in [6, 6.07) is 11.9. The van der Waals surface area contributed by atoms with E-state index in [0.29, 0.717) is 5.56 Å². The van der Waals surface area contributed by atoms with Gasteiger partial charge in [0.1, 0.15) is 0 Å². The van der Waals surface area contributed by atoms with Gasteiger partial charge in [0.05, 0.1) is 0 Å². The lowest BCUT2D eigenvalue weighted by Gasteiger charge is -2.06. The third kappa shape index (κ3) is 2.46. The number of nitrogens with zero attached hydrogens (tertiary/aromatic N) is 1. The van der Waals surface area contributed by atoms with Crippen molar-refractivity contribution in [3.05, 3.63) is 65.9 Å². The summed E-state index contributed by atoms with van der Waals surface area (Å²) in [5.74, 6) is -3.24. The topological polar surface area (TPSA) is 63.3 Å². The van der Waals surface area contributed by atoms with Crippen LogP contribution in [0.1, 0.15) is 10.5 Å². The van der Waals surface area contributed by atoms with E-state index in [4.69, 9.17) is 9.63 Å². The van der Waals surface area contributed by atoms with Crippen LogP contribution in [0.4, 0.5) is 8.78 Å². The standard InChI is InChI=1S/C16H9F2NO3/c17-12-7-10(14-8-13(16(20)21)19-22-14)6-11(15(12)18)9-4-2-1-3-5-9/h1-8H,(H,20,21). The summed E-state index contributed by atoms with van der Waals surface area (Å²) in [5, 5.41) is 12.2. The summed E-state index contributed by atoms with van der Waals surface area (Å²) >= 11 is 0. The van der Waals surface area contributed by atoms with E-state index < -0.39 is 17.6 Å². The van der Waals surface area contributed by atoms with Gasteiger partial charge in [0.25, 0.3) is 0 Å². The summed E-state index contributed by atoms with van der Waals surface area (Å²) in [5.41, 5.74) is 0.460. The fourth-order valence-electron chi connectivity index (χ4n) is 2.07. The van der Waals surface area contributed by atoms with E-state index in [1.54, 1.807) is 30.3 Å². The van der Waals surface area contributed by atoms with Crippen molar-refractivity contribution in [3.63, 3.8) is 0 Å². The molecule has 1 aromatic heterocycles. The highest BCUT2D eigenvalue weighted by atomic mass is 19.2. The van der Waals surface area contributed by atoms with Crippen LogP contribution < -0.4 is 0 Å². The number of halogens is 2. The van der Waals surface area contributed by atoms with Crippen LogP contribution in [-0.2, 0) is 0 Å². The first-order valence-electron chi connectivity index (χ1n) is 6.31. The zero-order valence-corrected chi connectivity index (χ0v) is 11.1. The molecule has 6 heteroatoms. The molecule has 2 aromatic carbocycles. The molecule has 0 fully saturated rings. The summed E-state index contributed by atoms with van der Waals surface area (Å²) in [4.78, 5) is 10.8. The number of rotatable bonds is 3. The first-order valence-corrected chi connectivity index (χ1v) is 6.31. The molecule has 110 valence electrons. The zero-order chi connectivity index (χ0) is 15.7.